The van der Waals surface area contributed by atoms with E-state index in [4.69, 9.17) is 19.3 Å². The van der Waals surface area contributed by atoms with Gasteiger partial charge < -0.3 is 14.2 Å². The molecule has 2 aliphatic heterocycles. The Labute approximate surface area is 219 Å². The third-order valence-corrected chi connectivity index (χ3v) is 7.14. The zero-order chi connectivity index (χ0) is 26.5. The second-order valence-corrected chi connectivity index (χ2v) is 9.76. The Morgan fingerprint density at radius 1 is 1.08 bits per heavy atom. The van der Waals surface area contributed by atoms with E-state index in [0.717, 1.165) is 41.8 Å². The van der Waals surface area contributed by atoms with Crippen molar-refractivity contribution in [2.45, 2.75) is 46.1 Å². The van der Waals surface area contributed by atoms with Gasteiger partial charge in [-0.15, -0.1) is 0 Å². The maximum atomic E-state index is 13.7. The highest BCUT2D eigenvalue weighted by Gasteiger charge is 2.37. The lowest BCUT2D eigenvalue weighted by Crippen LogP contribution is -2.44. The highest BCUT2D eigenvalue weighted by molar-refractivity contribution is 6.04. The van der Waals surface area contributed by atoms with Crippen LogP contribution in [-0.4, -0.2) is 68.0 Å². The Kier molecular flexibility index (Phi) is 8.48. The van der Waals surface area contributed by atoms with Crippen molar-refractivity contribution in [3.63, 3.8) is 0 Å². The molecular formula is C29H37N3O5. The standard InChI is InChI=1S/C29H37N3O5/c1-6-37-29(34)21-8-7-13-31(17-21)18-28(33)32-26(24-12-10-22(35-4)15-27(24)36-5)16-25(30-32)23-11-9-19(2)14-20(23)3/h9-12,14-15,21,26H,6-8,13,16-18H2,1-5H3. The number of amides is 1. The number of rotatable bonds is 8. The highest BCUT2D eigenvalue weighted by Crippen LogP contribution is 2.39. The minimum absolute atomic E-state index is 0.104. The van der Waals surface area contributed by atoms with E-state index in [9.17, 15) is 9.59 Å². The van der Waals surface area contributed by atoms with E-state index in [1.807, 2.05) is 30.0 Å². The van der Waals surface area contributed by atoms with Crippen molar-refractivity contribution >= 4 is 17.6 Å². The molecule has 2 aromatic rings. The second kappa shape index (κ2) is 11.8. The van der Waals surface area contributed by atoms with E-state index >= 15 is 0 Å². The third-order valence-electron chi connectivity index (χ3n) is 7.14. The van der Waals surface area contributed by atoms with Crippen LogP contribution >= 0.6 is 0 Å². The lowest BCUT2D eigenvalue weighted by atomic mass is 9.94. The quantitative estimate of drug-likeness (QED) is 0.497. The average Bonchev–Trinajstić information content (AvgIpc) is 3.33. The van der Waals surface area contributed by atoms with Crippen molar-refractivity contribution in [1.29, 1.82) is 0 Å². The van der Waals surface area contributed by atoms with E-state index in [0.29, 0.717) is 31.1 Å². The fraction of sp³-hybridized carbons (Fsp3) is 0.483. The van der Waals surface area contributed by atoms with E-state index in [1.165, 1.54) is 5.56 Å². The summed E-state index contributed by atoms with van der Waals surface area (Å²) in [5.41, 5.74) is 5.10. The van der Waals surface area contributed by atoms with Crippen LogP contribution in [0.3, 0.4) is 0 Å². The minimum atomic E-state index is -0.310. The molecule has 1 amide bonds. The van der Waals surface area contributed by atoms with E-state index in [-0.39, 0.29) is 30.4 Å². The van der Waals surface area contributed by atoms with Gasteiger partial charge in [0, 0.05) is 30.2 Å². The predicted molar refractivity (Wildman–Crippen MR) is 142 cm³/mol. The SMILES string of the molecule is CCOC(=O)C1CCCN(CC(=O)N2N=C(c3ccc(C)cc3C)CC2c2ccc(OC)cc2OC)C1. The van der Waals surface area contributed by atoms with Gasteiger partial charge in [0.2, 0.25) is 0 Å². The molecule has 1 fully saturated rings. The van der Waals surface area contributed by atoms with Crippen LogP contribution in [0.25, 0.3) is 0 Å². The molecular weight excluding hydrogens is 470 g/mol. The molecule has 2 unspecified atom stereocenters. The number of hydrogen-bond acceptors (Lipinski definition) is 7. The summed E-state index contributed by atoms with van der Waals surface area (Å²) in [6.45, 7) is 7.78. The highest BCUT2D eigenvalue weighted by atomic mass is 16.5. The number of ether oxygens (including phenoxy) is 3. The van der Waals surface area contributed by atoms with Crippen molar-refractivity contribution in [1.82, 2.24) is 9.91 Å². The summed E-state index contributed by atoms with van der Waals surface area (Å²) in [5, 5.41) is 6.47. The van der Waals surface area contributed by atoms with Crippen molar-refractivity contribution in [3.8, 4) is 11.5 Å². The predicted octanol–water partition coefficient (Wildman–Crippen LogP) is 4.27. The monoisotopic (exact) mass is 507 g/mol. The molecule has 0 bridgehead atoms. The summed E-state index contributed by atoms with van der Waals surface area (Å²) in [7, 11) is 3.23. The number of benzene rings is 2. The molecule has 2 heterocycles. The van der Waals surface area contributed by atoms with E-state index in [1.54, 1.807) is 19.2 Å². The zero-order valence-corrected chi connectivity index (χ0v) is 22.5. The van der Waals surface area contributed by atoms with Gasteiger partial charge in [0.1, 0.15) is 11.5 Å². The van der Waals surface area contributed by atoms with Crippen LogP contribution in [0.15, 0.2) is 41.5 Å². The van der Waals surface area contributed by atoms with Crippen LogP contribution in [0, 0.1) is 19.8 Å². The summed E-state index contributed by atoms with van der Waals surface area (Å²) >= 11 is 0. The molecule has 2 aromatic carbocycles. The Bertz CT molecular complexity index is 1180. The van der Waals surface area contributed by atoms with Crippen molar-refractivity contribution < 1.29 is 23.8 Å². The topological polar surface area (TPSA) is 80.7 Å². The fourth-order valence-corrected chi connectivity index (χ4v) is 5.29. The maximum absolute atomic E-state index is 13.7. The van der Waals surface area contributed by atoms with Crippen LogP contribution < -0.4 is 9.47 Å². The molecule has 37 heavy (non-hydrogen) atoms. The Hall–Kier alpha value is -3.39. The first-order valence-corrected chi connectivity index (χ1v) is 12.9. The lowest BCUT2D eigenvalue weighted by Gasteiger charge is -2.32. The van der Waals surface area contributed by atoms with Gasteiger partial charge in [0.05, 0.1) is 45.0 Å². The number of carbonyl (C=O) groups excluding carboxylic acids is 2. The number of aryl methyl sites for hydroxylation is 2. The minimum Gasteiger partial charge on any atom is -0.497 e. The summed E-state index contributed by atoms with van der Waals surface area (Å²) < 4.78 is 16.3. The lowest BCUT2D eigenvalue weighted by molar-refractivity contribution is -0.150. The number of nitrogens with zero attached hydrogens (tertiary/aromatic N) is 3. The van der Waals surface area contributed by atoms with Crippen LogP contribution in [0.5, 0.6) is 11.5 Å². The molecule has 0 spiro atoms. The zero-order valence-electron chi connectivity index (χ0n) is 22.5. The first-order chi connectivity index (χ1) is 17.8. The van der Waals surface area contributed by atoms with Gasteiger partial charge in [-0.05, 0) is 57.9 Å². The molecule has 0 N–H and O–H groups in total. The molecule has 8 heteroatoms. The van der Waals surface area contributed by atoms with Crippen molar-refractivity contribution in [3.05, 3.63) is 58.7 Å². The molecule has 1 saturated heterocycles. The van der Waals surface area contributed by atoms with Crippen molar-refractivity contribution in [2.75, 3.05) is 40.5 Å². The molecule has 198 valence electrons. The third kappa shape index (κ3) is 5.96. The van der Waals surface area contributed by atoms with E-state index < -0.39 is 0 Å². The molecule has 4 rings (SSSR count). The van der Waals surface area contributed by atoms with Gasteiger partial charge in [-0.3, -0.25) is 14.5 Å². The molecule has 2 atom stereocenters. The van der Waals surface area contributed by atoms with Gasteiger partial charge >= 0.3 is 5.97 Å². The smallest absolute Gasteiger partial charge is 0.310 e. The van der Waals surface area contributed by atoms with Gasteiger partial charge in [0.25, 0.3) is 5.91 Å². The van der Waals surface area contributed by atoms with E-state index in [2.05, 4.69) is 32.0 Å². The number of carbonyl (C=O) groups is 2. The normalized spacial score (nSPS) is 19.9. The summed E-state index contributed by atoms with van der Waals surface area (Å²) in [4.78, 5) is 28.1. The molecule has 0 radical (unpaired) electrons. The van der Waals surface area contributed by atoms with Crippen LogP contribution in [0.4, 0.5) is 0 Å². The Morgan fingerprint density at radius 2 is 1.89 bits per heavy atom. The van der Waals surface area contributed by atoms with Gasteiger partial charge in [-0.2, -0.15) is 5.10 Å². The number of likely N-dealkylation sites (tertiary alicyclic amines) is 1. The summed E-state index contributed by atoms with van der Waals surface area (Å²) in [5.74, 6) is 0.848. The molecule has 0 saturated carbocycles. The Morgan fingerprint density at radius 3 is 2.59 bits per heavy atom. The summed E-state index contributed by atoms with van der Waals surface area (Å²) in [6, 6.07) is 11.6. The average molecular weight is 508 g/mol. The van der Waals surface area contributed by atoms with Crippen LogP contribution in [0.1, 0.15) is 54.5 Å². The molecule has 2 aliphatic rings. The van der Waals surface area contributed by atoms with Crippen LogP contribution in [0.2, 0.25) is 0 Å². The first kappa shape index (κ1) is 26.7. The van der Waals surface area contributed by atoms with Gasteiger partial charge in [-0.25, -0.2) is 5.01 Å². The second-order valence-electron chi connectivity index (χ2n) is 9.76. The number of esters is 1. The van der Waals surface area contributed by atoms with Crippen molar-refractivity contribution in [2.24, 2.45) is 11.0 Å². The summed E-state index contributed by atoms with van der Waals surface area (Å²) in [6.07, 6.45) is 2.21. The van der Waals surface area contributed by atoms with Gasteiger partial charge in [-0.1, -0.05) is 23.8 Å². The maximum Gasteiger partial charge on any atom is 0.310 e. The molecule has 0 aliphatic carbocycles. The number of piperidine rings is 1. The number of hydrogen-bond donors (Lipinski definition) is 0. The molecule has 0 aromatic heterocycles. The number of hydrazone groups is 1. The van der Waals surface area contributed by atoms with Crippen LogP contribution in [-0.2, 0) is 14.3 Å². The number of methoxy groups -OCH3 is 2. The Balaban J connectivity index is 1.62. The van der Waals surface area contributed by atoms with Gasteiger partial charge in [0.15, 0.2) is 0 Å². The first-order valence-electron chi connectivity index (χ1n) is 12.9. The largest absolute Gasteiger partial charge is 0.497 e. The molecule has 8 nitrogen and oxygen atoms in total. The fourth-order valence-electron chi connectivity index (χ4n) is 5.29.